The van der Waals surface area contributed by atoms with Crippen molar-refractivity contribution in [2.75, 3.05) is 11.9 Å². The molecule has 128 valence electrons. The van der Waals surface area contributed by atoms with E-state index in [2.05, 4.69) is 17.6 Å². The summed E-state index contributed by atoms with van der Waals surface area (Å²) in [5.41, 5.74) is 3.06. The Morgan fingerprint density at radius 1 is 1.12 bits per heavy atom. The lowest BCUT2D eigenvalue weighted by molar-refractivity contribution is -0.117. The molecule has 5 heteroatoms. The van der Waals surface area contributed by atoms with Crippen LogP contribution in [0.15, 0.2) is 60.3 Å². The van der Waals surface area contributed by atoms with Crippen molar-refractivity contribution in [3.8, 4) is 11.8 Å². The first-order chi connectivity index (χ1) is 12.1. The normalized spacial score (nSPS) is 10.8. The molecule has 2 rings (SSSR count). The lowest BCUT2D eigenvalue weighted by Crippen LogP contribution is -2.27. The van der Waals surface area contributed by atoms with Crippen molar-refractivity contribution in [3.63, 3.8) is 0 Å². The lowest BCUT2D eigenvalue weighted by Gasteiger charge is -2.06. The van der Waals surface area contributed by atoms with Gasteiger partial charge in [0.05, 0.1) is 0 Å². The van der Waals surface area contributed by atoms with Crippen LogP contribution >= 0.6 is 0 Å². The van der Waals surface area contributed by atoms with E-state index in [9.17, 15) is 9.90 Å². The molecule has 0 heterocycles. The van der Waals surface area contributed by atoms with Crippen LogP contribution in [0.4, 0.5) is 5.69 Å². The second kappa shape index (κ2) is 9.14. The number of hydrogen-bond acceptors (Lipinski definition) is 4. The Balaban J connectivity index is 1.86. The molecule has 0 bridgehead atoms. The second-order valence-electron chi connectivity index (χ2n) is 5.54. The van der Waals surface area contributed by atoms with Crippen LogP contribution in [0.1, 0.15) is 18.1 Å². The summed E-state index contributed by atoms with van der Waals surface area (Å²) < 4.78 is 0. The maximum absolute atomic E-state index is 12.1. The Morgan fingerprint density at radius 2 is 1.76 bits per heavy atom. The van der Waals surface area contributed by atoms with E-state index in [4.69, 9.17) is 5.26 Å². The standard InChI is InChI=1S/C20H21N3O2/c1-2-15-3-7-18(8-4-15)23-14-17(13-21)20(25)22-12-11-16-5-9-19(24)10-6-16/h3-10,14,23-24H,2,11-12H2,1H3,(H,22,25)/b17-14-. The fraction of sp³-hybridized carbons (Fsp3) is 0.200. The molecule has 0 radical (unpaired) electrons. The summed E-state index contributed by atoms with van der Waals surface area (Å²) in [6, 6.07) is 16.5. The maximum Gasteiger partial charge on any atom is 0.263 e. The molecule has 0 unspecified atom stereocenters. The van der Waals surface area contributed by atoms with Gasteiger partial charge >= 0.3 is 0 Å². The zero-order chi connectivity index (χ0) is 18.1. The first-order valence-electron chi connectivity index (χ1n) is 8.14. The topological polar surface area (TPSA) is 85.2 Å². The Kier molecular flexibility index (Phi) is 6.61. The molecule has 0 spiro atoms. The second-order valence-corrected chi connectivity index (χ2v) is 5.54. The van der Waals surface area contributed by atoms with Crippen LogP contribution < -0.4 is 10.6 Å². The van der Waals surface area contributed by atoms with Gasteiger partial charge in [0.25, 0.3) is 5.91 Å². The number of nitriles is 1. The highest BCUT2D eigenvalue weighted by molar-refractivity contribution is 5.97. The lowest BCUT2D eigenvalue weighted by atomic mass is 10.1. The predicted octanol–water partition coefficient (Wildman–Crippen LogP) is 3.13. The van der Waals surface area contributed by atoms with E-state index in [1.165, 1.54) is 11.8 Å². The van der Waals surface area contributed by atoms with Crippen molar-refractivity contribution in [3.05, 3.63) is 71.4 Å². The van der Waals surface area contributed by atoms with E-state index in [0.717, 1.165) is 17.7 Å². The van der Waals surface area contributed by atoms with E-state index < -0.39 is 5.91 Å². The van der Waals surface area contributed by atoms with E-state index in [1.54, 1.807) is 24.3 Å². The SMILES string of the molecule is CCc1ccc(N/C=C(/C#N)C(=O)NCCc2ccc(O)cc2)cc1. The fourth-order valence-electron chi connectivity index (χ4n) is 2.22. The van der Waals surface area contributed by atoms with Gasteiger partial charge in [-0.25, -0.2) is 0 Å². The van der Waals surface area contributed by atoms with Crippen LogP contribution in [0.5, 0.6) is 5.75 Å². The molecule has 3 N–H and O–H groups in total. The monoisotopic (exact) mass is 335 g/mol. The van der Waals surface area contributed by atoms with Gasteiger partial charge in [-0.15, -0.1) is 0 Å². The number of phenolic OH excluding ortho intramolecular Hbond substituents is 1. The Labute approximate surface area is 147 Å². The molecule has 0 aliphatic carbocycles. The van der Waals surface area contributed by atoms with Gasteiger partial charge in [-0.1, -0.05) is 31.2 Å². The molecule has 0 atom stereocenters. The third-order valence-corrected chi connectivity index (χ3v) is 3.75. The van der Waals surface area contributed by atoms with Crippen molar-refractivity contribution < 1.29 is 9.90 Å². The highest BCUT2D eigenvalue weighted by Gasteiger charge is 2.08. The molecule has 0 aliphatic rings. The quantitative estimate of drug-likeness (QED) is 0.536. The summed E-state index contributed by atoms with van der Waals surface area (Å²) >= 11 is 0. The largest absolute Gasteiger partial charge is 0.508 e. The molecule has 1 amide bonds. The summed E-state index contributed by atoms with van der Waals surface area (Å²) in [5.74, 6) is -0.209. The van der Waals surface area contributed by atoms with Crippen LogP contribution in [0.3, 0.4) is 0 Å². The maximum atomic E-state index is 12.1. The van der Waals surface area contributed by atoms with Gasteiger partial charge in [0.1, 0.15) is 17.4 Å². The van der Waals surface area contributed by atoms with Gasteiger partial charge in [0.15, 0.2) is 0 Å². The van der Waals surface area contributed by atoms with Gasteiger partial charge in [-0.05, 0) is 48.2 Å². The number of benzene rings is 2. The molecule has 0 saturated heterocycles. The minimum atomic E-state index is -0.418. The number of carbonyl (C=O) groups excluding carboxylic acids is 1. The Bertz CT molecular complexity index is 772. The summed E-state index contributed by atoms with van der Waals surface area (Å²) in [6.07, 6.45) is 3.00. The Morgan fingerprint density at radius 3 is 2.36 bits per heavy atom. The molecule has 0 aromatic heterocycles. The third-order valence-electron chi connectivity index (χ3n) is 3.75. The molecule has 2 aromatic rings. The van der Waals surface area contributed by atoms with Crippen molar-refractivity contribution in [2.45, 2.75) is 19.8 Å². The number of amides is 1. The van der Waals surface area contributed by atoms with Crippen molar-refractivity contribution in [1.82, 2.24) is 5.32 Å². The van der Waals surface area contributed by atoms with E-state index in [-0.39, 0.29) is 11.3 Å². The first-order valence-corrected chi connectivity index (χ1v) is 8.14. The van der Waals surface area contributed by atoms with Crippen molar-refractivity contribution in [1.29, 1.82) is 5.26 Å². The van der Waals surface area contributed by atoms with Gasteiger partial charge in [0, 0.05) is 18.4 Å². The highest BCUT2D eigenvalue weighted by atomic mass is 16.3. The number of nitrogens with zero attached hydrogens (tertiary/aromatic N) is 1. The molecular weight excluding hydrogens is 314 g/mol. The number of phenols is 1. The van der Waals surface area contributed by atoms with E-state index in [1.807, 2.05) is 30.3 Å². The average Bonchev–Trinajstić information content (AvgIpc) is 2.64. The number of anilines is 1. The summed E-state index contributed by atoms with van der Waals surface area (Å²) in [5, 5.41) is 24.1. The number of aromatic hydroxyl groups is 1. The number of nitrogens with one attached hydrogen (secondary N) is 2. The smallest absolute Gasteiger partial charge is 0.263 e. The van der Waals surface area contributed by atoms with Crippen molar-refractivity contribution in [2.24, 2.45) is 0 Å². The first kappa shape index (κ1) is 18.1. The van der Waals surface area contributed by atoms with Crippen LogP contribution in [-0.4, -0.2) is 17.6 Å². The summed E-state index contributed by atoms with van der Waals surface area (Å²) in [6.45, 7) is 2.49. The zero-order valence-corrected chi connectivity index (χ0v) is 14.1. The molecule has 5 nitrogen and oxygen atoms in total. The minimum absolute atomic E-state index is 0.0188. The molecule has 25 heavy (non-hydrogen) atoms. The minimum Gasteiger partial charge on any atom is -0.508 e. The number of carbonyl (C=O) groups is 1. The average molecular weight is 335 g/mol. The van der Waals surface area contributed by atoms with Crippen molar-refractivity contribution >= 4 is 11.6 Å². The van der Waals surface area contributed by atoms with E-state index >= 15 is 0 Å². The van der Waals surface area contributed by atoms with Gasteiger partial charge in [0.2, 0.25) is 0 Å². The number of rotatable bonds is 7. The van der Waals surface area contributed by atoms with Crippen LogP contribution in [0, 0.1) is 11.3 Å². The molecular formula is C20H21N3O2. The molecule has 0 aliphatic heterocycles. The van der Waals surface area contributed by atoms with Crippen LogP contribution in [0.2, 0.25) is 0 Å². The highest BCUT2D eigenvalue weighted by Crippen LogP contribution is 2.11. The summed E-state index contributed by atoms with van der Waals surface area (Å²) in [7, 11) is 0. The van der Waals surface area contributed by atoms with Gasteiger partial charge < -0.3 is 15.7 Å². The number of hydrogen-bond donors (Lipinski definition) is 3. The summed E-state index contributed by atoms with van der Waals surface area (Å²) in [4.78, 5) is 12.1. The fourth-order valence-corrected chi connectivity index (χ4v) is 2.22. The number of aryl methyl sites for hydroxylation is 1. The third kappa shape index (κ3) is 5.70. The van der Waals surface area contributed by atoms with Crippen LogP contribution in [0.25, 0.3) is 0 Å². The zero-order valence-electron chi connectivity index (χ0n) is 14.1. The van der Waals surface area contributed by atoms with Crippen LogP contribution in [-0.2, 0) is 17.6 Å². The van der Waals surface area contributed by atoms with Gasteiger partial charge in [-0.2, -0.15) is 5.26 Å². The molecule has 0 fully saturated rings. The van der Waals surface area contributed by atoms with E-state index in [0.29, 0.717) is 13.0 Å². The predicted molar refractivity (Wildman–Crippen MR) is 98.0 cm³/mol. The Hall–Kier alpha value is -3.26. The molecule has 0 saturated carbocycles. The molecule has 2 aromatic carbocycles. The van der Waals surface area contributed by atoms with Gasteiger partial charge in [-0.3, -0.25) is 4.79 Å².